The molecule has 0 aromatic heterocycles. The van der Waals surface area contributed by atoms with Crippen molar-refractivity contribution < 1.29 is 18.0 Å². The first-order chi connectivity index (χ1) is 7.82. The van der Waals surface area contributed by atoms with Crippen molar-refractivity contribution in [2.45, 2.75) is 13.1 Å². The Bertz CT molecular complexity index is 454. The number of ketones is 1. The molecule has 0 saturated carbocycles. The molecule has 1 aromatic carbocycles. The van der Waals surface area contributed by atoms with E-state index in [-0.39, 0.29) is 0 Å². The number of benzene rings is 1. The number of carbonyl (C=O) groups is 1. The van der Waals surface area contributed by atoms with Gasteiger partial charge >= 0.3 is 6.18 Å². The van der Waals surface area contributed by atoms with Crippen LogP contribution in [0.4, 0.5) is 18.9 Å². The molecule has 0 bridgehead atoms. The van der Waals surface area contributed by atoms with Gasteiger partial charge in [0.2, 0.25) is 0 Å². The third kappa shape index (κ3) is 3.89. The largest absolute Gasteiger partial charge is 0.455 e. The standard InChI is InChI=1S/C11H9BrF3NO/c1-7-4-2-3-5-9(7)16-6-8(12)10(17)11(13,14)15/h2-6,16H,1H3/b8-6+. The zero-order chi connectivity index (χ0) is 13.1. The predicted molar refractivity (Wildman–Crippen MR) is 62.9 cm³/mol. The Morgan fingerprint density at radius 1 is 1.35 bits per heavy atom. The van der Waals surface area contributed by atoms with E-state index in [4.69, 9.17) is 0 Å². The molecule has 0 spiro atoms. The Balaban J connectivity index is 2.79. The van der Waals surface area contributed by atoms with Crippen LogP contribution in [0.5, 0.6) is 0 Å². The van der Waals surface area contributed by atoms with Crippen LogP contribution < -0.4 is 5.32 Å². The molecule has 0 saturated heterocycles. The van der Waals surface area contributed by atoms with E-state index in [1.54, 1.807) is 31.2 Å². The van der Waals surface area contributed by atoms with E-state index >= 15 is 0 Å². The van der Waals surface area contributed by atoms with Gasteiger partial charge in [-0.3, -0.25) is 4.79 Å². The maximum Gasteiger partial charge on any atom is 0.455 e. The van der Waals surface area contributed by atoms with Crippen LogP contribution in [-0.2, 0) is 4.79 Å². The molecule has 0 aliphatic carbocycles. The minimum absolute atomic E-state index is 0.562. The van der Waals surface area contributed by atoms with Gasteiger partial charge in [-0.25, -0.2) is 0 Å². The lowest BCUT2D eigenvalue weighted by atomic mass is 10.2. The quantitative estimate of drug-likeness (QED) is 0.861. The second kappa shape index (κ2) is 5.35. The van der Waals surface area contributed by atoms with Gasteiger partial charge in [0.1, 0.15) is 0 Å². The van der Waals surface area contributed by atoms with Crippen molar-refractivity contribution in [1.29, 1.82) is 0 Å². The van der Waals surface area contributed by atoms with Crippen LogP contribution >= 0.6 is 15.9 Å². The number of para-hydroxylation sites is 1. The smallest absolute Gasteiger partial charge is 0.360 e. The monoisotopic (exact) mass is 307 g/mol. The number of allylic oxidation sites excluding steroid dienone is 1. The van der Waals surface area contributed by atoms with E-state index in [1.807, 2.05) is 0 Å². The topological polar surface area (TPSA) is 29.1 Å². The van der Waals surface area contributed by atoms with Gasteiger partial charge in [-0.1, -0.05) is 18.2 Å². The highest BCUT2D eigenvalue weighted by Crippen LogP contribution is 2.24. The summed E-state index contributed by atoms with van der Waals surface area (Å²) < 4.78 is 35.6. The Kier molecular flexibility index (Phi) is 4.34. The maximum atomic E-state index is 12.1. The van der Waals surface area contributed by atoms with E-state index in [9.17, 15) is 18.0 Å². The summed E-state index contributed by atoms with van der Waals surface area (Å²) >= 11 is 2.59. The van der Waals surface area contributed by atoms with Gasteiger partial charge in [-0.15, -0.1) is 0 Å². The van der Waals surface area contributed by atoms with Gasteiger partial charge in [-0.2, -0.15) is 13.2 Å². The lowest BCUT2D eigenvalue weighted by Crippen LogP contribution is -2.22. The van der Waals surface area contributed by atoms with Crippen molar-refractivity contribution >= 4 is 27.4 Å². The van der Waals surface area contributed by atoms with Crippen molar-refractivity contribution in [3.63, 3.8) is 0 Å². The SMILES string of the molecule is Cc1ccccc1N/C=C(/Br)C(=O)C(F)(F)F. The molecule has 0 unspecified atom stereocenters. The predicted octanol–water partition coefficient (Wildman–Crippen LogP) is 3.77. The average molecular weight is 308 g/mol. The average Bonchev–Trinajstić information content (AvgIpc) is 2.25. The summed E-state index contributed by atoms with van der Waals surface area (Å²) in [4.78, 5) is 10.8. The molecule has 1 rings (SSSR count). The number of rotatable bonds is 3. The number of alkyl halides is 3. The first-order valence-corrected chi connectivity index (χ1v) is 5.41. The molecule has 92 valence electrons. The summed E-state index contributed by atoms with van der Waals surface area (Å²) in [6, 6.07) is 7.04. The molecule has 0 radical (unpaired) electrons. The first kappa shape index (κ1) is 13.8. The molecule has 0 aliphatic heterocycles. The van der Waals surface area contributed by atoms with Crippen molar-refractivity contribution in [3.8, 4) is 0 Å². The van der Waals surface area contributed by atoms with E-state index in [2.05, 4.69) is 21.2 Å². The summed E-state index contributed by atoms with van der Waals surface area (Å²) in [5, 5.41) is 2.64. The van der Waals surface area contributed by atoms with E-state index in [0.717, 1.165) is 11.8 Å². The number of Topliss-reactive ketones (excluding diaryl/α,β-unsaturated/α-hetero) is 1. The highest BCUT2D eigenvalue weighted by Gasteiger charge is 2.39. The molecule has 0 heterocycles. The second-order valence-electron chi connectivity index (χ2n) is 3.28. The zero-order valence-corrected chi connectivity index (χ0v) is 10.4. The maximum absolute atomic E-state index is 12.1. The summed E-state index contributed by atoms with van der Waals surface area (Å²) in [5.74, 6) is -1.92. The molecule has 0 atom stereocenters. The molecule has 6 heteroatoms. The van der Waals surface area contributed by atoms with Gasteiger partial charge in [-0.05, 0) is 34.5 Å². The van der Waals surface area contributed by atoms with Crippen LogP contribution in [0.3, 0.4) is 0 Å². The summed E-state index contributed by atoms with van der Waals surface area (Å²) in [6.07, 6.45) is -3.89. The molecule has 0 amide bonds. The molecule has 1 aromatic rings. The Labute approximate surface area is 105 Å². The van der Waals surface area contributed by atoms with Gasteiger partial charge in [0.15, 0.2) is 0 Å². The van der Waals surface area contributed by atoms with Gasteiger partial charge in [0, 0.05) is 11.9 Å². The van der Waals surface area contributed by atoms with Crippen molar-refractivity contribution in [1.82, 2.24) is 0 Å². The van der Waals surface area contributed by atoms with E-state index in [0.29, 0.717) is 5.69 Å². The number of halogens is 4. The highest BCUT2D eigenvalue weighted by atomic mass is 79.9. The molecular formula is C11H9BrF3NO. The van der Waals surface area contributed by atoms with Gasteiger partial charge < -0.3 is 5.32 Å². The summed E-state index contributed by atoms with van der Waals surface area (Å²) in [5.41, 5.74) is 1.50. The molecule has 0 aliphatic rings. The zero-order valence-electron chi connectivity index (χ0n) is 8.81. The van der Waals surface area contributed by atoms with Crippen LogP contribution in [-0.4, -0.2) is 12.0 Å². The minimum atomic E-state index is -4.87. The van der Waals surface area contributed by atoms with E-state index in [1.165, 1.54) is 0 Å². The van der Waals surface area contributed by atoms with Crippen LogP contribution in [0.2, 0.25) is 0 Å². The Hall–Kier alpha value is -1.30. The third-order valence-corrected chi connectivity index (χ3v) is 2.56. The lowest BCUT2D eigenvalue weighted by Gasteiger charge is -2.07. The molecular weight excluding hydrogens is 299 g/mol. The van der Waals surface area contributed by atoms with Gasteiger partial charge in [0.05, 0.1) is 4.48 Å². The number of hydrogen-bond acceptors (Lipinski definition) is 2. The first-order valence-electron chi connectivity index (χ1n) is 4.61. The Morgan fingerprint density at radius 2 is 1.94 bits per heavy atom. The number of aryl methyl sites for hydroxylation is 1. The van der Waals surface area contributed by atoms with E-state index < -0.39 is 16.4 Å². The fourth-order valence-electron chi connectivity index (χ4n) is 1.08. The number of hydrogen-bond donors (Lipinski definition) is 1. The fourth-order valence-corrected chi connectivity index (χ4v) is 1.42. The van der Waals surface area contributed by atoms with Crippen molar-refractivity contribution in [2.24, 2.45) is 0 Å². The summed E-state index contributed by atoms with van der Waals surface area (Å²) in [6.45, 7) is 1.80. The lowest BCUT2D eigenvalue weighted by molar-refractivity contribution is -0.165. The number of nitrogens with one attached hydrogen (secondary N) is 1. The molecule has 17 heavy (non-hydrogen) atoms. The van der Waals surface area contributed by atoms with Crippen LogP contribution in [0.25, 0.3) is 0 Å². The van der Waals surface area contributed by atoms with Crippen molar-refractivity contribution in [2.75, 3.05) is 5.32 Å². The van der Waals surface area contributed by atoms with Crippen LogP contribution in [0, 0.1) is 6.92 Å². The van der Waals surface area contributed by atoms with Crippen LogP contribution in [0.15, 0.2) is 34.9 Å². The minimum Gasteiger partial charge on any atom is -0.360 e. The van der Waals surface area contributed by atoms with Crippen LogP contribution in [0.1, 0.15) is 5.56 Å². The normalized spacial score (nSPS) is 12.4. The highest BCUT2D eigenvalue weighted by molar-refractivity contribution is 9.12. The third-order valence-electron chi connectivity index (χ3n) is 1.97. The molecule has 1 N–H and O–H groups in total. The Morgan fingerprint density at radius 3 is 2.47 bits per heavy atom. The number of carbonyl (C=O) groups excluding carboxylic acids is 1. The van der Waals surface area contributed by atoms with Crippen molar-refractivity contribution in [3.05, 3.63) is 40.5 Å². The van der Waals surface area contributed by atoms with Gasteiger partial charge in [0.25, 0.3) is 5.78 Å². The summed E-state index contributed by atoms with van der Waals surface area (Å²) in [7, 11) is 0. The molecule has 0 fully saturated rings. The molecule has 2 nitrogen and oxygen atoms in total. The second-order valence-corrected chi connectivity index (χ2v) is 4.13. The fraction of sp³-hybridized carbons (Fsp3) is 0.182. The number of anilines is 1.